The third-order valence-electron chi connectivity index (χ3n) is 3.32. The van der Waals surface area contributed by atoms with Crippen LogP contribution >= 0.6 is 0 Å². The van der Waals surface area contributed by atoms with Crippen molar-refractivity contribution in [3.05, 3.63) is 29.6 Å². The van der Waals surface area contributed by atoms with Crippen molar-refractivity contribution in [1.29, 1.82) is 0 Å². The van der Waals surface area contributed by atoms with Crippen molar-refractivity contribution in [2.24, 2.45) is 0 Å². The molecule has 1 aliphatic rings. The lowest BCUT2D eigenvalue weighted by molar-refractivity contribution is 0.0962. The number of piperazine rings is 1. The van der Waals surface area contributed by atoms with Crippen molar-refractivity contribution in [2.75, 3.05) is 38.1 Å². The molecule has 1 fully saturated rings. The van der Waals surface area contributed by atoms with Crippen LogP contribution in [0.2, 0.25) is 0 Å². The van der Waals surface area contributed by atoms with Crippen LogP contribution in [0.25, 0.3) is 0 Å². The maximum atomic E-state index is 13.3. The minimum absolute atomic E-state index is 0.260. The molecule has 2 amide bonds. The quantitative estimate of drug-likeness (QED) is 0.847. The van der Waals surface area contributed by atoms with E-state index in [-0.39, 0.29) is 11.5 Å². The summed E-state index contributed by atoms with van der Waals surface area (Å²) in [4.78, 5) is 25.9. The average molecular weight is 281 g/mol. The minimum Gasteiger partial charge on any atom is -0.465 e. The van der Waals surface area contributed by atoms with Gasteiger partial charge in [-0.1, -0.05) is 0 Å². The summed E-state index contributed by atoms with van der Waals surface area (Å²) in [5.41, 5.74) is 0.882. The van der Waals surface area contributed by atoms with Crippen molar-refractivity contribution in [1.82, 2.24) is 10.2 Å². The molecule has 0 radical (unpaired) electrons. The van der Waals surface area contributed by atoms with Crippen LogP contribution in [0.4, 0.5) is 14.9 Å². The van der Waals surface area contributed by atoms with Crippen LogP contribution in [0, 0.1) is 5.82 Å². The number of rotatable bonds is 2. The molecule has 1 aliphatic heterocycles. The lowest BCUT2D eigenvalue weighted by Gasteiger charge is -2.35. The van der Waals surface area contributed by atoms with Gasteiger partial charge in [-0.2, -0.15) is 0 Å². The third kappa shape index (κ3) is 2.81. The summed E-state index contributed by atoms with van der Waals surface area (Å²) in [6, 6.07) is 4.04. The van der Waals surface area contributed by atoms with Crippen molar-refractivity contribution in [2.45, 2.75) is 0 Å². The number of amides is 2. The van der Waals surface area contributed by atoms with Crippen LogP contribution < -0.4 is 10.2 Å². The number of carbonyl (C=O) groups is 2. The molecule has 7 heteroatoms. The van der Waals surface area contributed by atoms with Crippen molar-refractivity contribution < 1.29 is 19.1 Å². The highest BCUT2D eigenvalue weighted by molar-refractivity contribution is 5.99. The van der Waals surface area contributed by atoms with Crippen LogP contribution in [-0.4, -0.2) is 55.2 Å². The Hall–Kier alpha value is -2.31. The van der Waals surface area contributed by atoms with Gasteiger partial charge in [-0.25, -0.2) is 9.18 Å². The van der Waals surface area contributed by atoms with E-state index in [9.17, 15) is 14.0 Å². The Morgan fingerprint density at radius 2 is 1.90 bits per heavy atom. The molecule has 1 heterocycles. The van der Waals surface area contributed by atoms with Gasteiger partial charge in [0.1, 0.15) is 5.82 Å². The molecule has 0 unspecified atom stereocenters. The molecule has 0 spiro atoms. The largest absolute Gasteiger partial charge is 0.465 e. The van der Waals surface area contributed by atoms with E-state index in [0.29, 0.717) is 31.9 Å². The van der Waals surface area contributed by atoms with E-state index in [2.05, 4.69) is 5.32 Å². The highest BCUT2D eigenvalue weighted by Crippen LogP contribution is 2.23. The van der Waals surface area contributed by atoms with E-state index in [4.69, 9.17) is 5.11 Å². The SMILES string of the molecule is CNC(=O)c1cc(F)ccc1N1CCN(C(=O)O)CC1. The van der Waals surface area contributed by atoms with Crippen LogP contribution in [0.5, 0.6) is 0 Å². The molecule has 0 bridgehead atoms. The van der Waals surface area contributed by atoms with Gasteiger partial charge in [0.15, 0.2) is 0 Å². The number of nitrogens with zero attached hydrogens (tertiary/aromatic N) is 2. The third-order valence-corrected chi connectivity index (χ3v) is 3.32. The Morgan fingerprint density at radius 3 is 2.45 bits per heavy atom. The normalized spacial score (nSPS) is 15.1. The Labute approximate surface area is 115 Å². The van der Waals surface area contributed by atoms with Crippen LogP contribution in [-0.2, 0) is 0 Å². The van der Waals surface area contributed by atoms with Gasteiger partial charge in [0.25, 0.3) is 5.91 Å². The zero-order valence-electron chi connectivity index (χ0n) is 11.1. The number of nitrogens with one attached hydrogen (secondary N) is 1. The van der Waals surface area contributed by atoms with Crippen molar-refractivity contribution >= 4 is 17.7 Å². The molecule has 0 aromatic heterocycles. The predicted molar refractivity (Wildman–Crippen MR) is 71.6 cm³/mol. The fraction of sp³-hybridized carbons (Fsp3) is 0.385. The van der Waals surface area contributed by atoms with E-state index in [1.54, 1.807) is 6.07 Å². The maximum Gasteiger partial charge on any atom is 0.407 e. The standard InChI is InChI=1S/C13H16FN3O3/c1-15-12(18)10-8-9(14)2-3-11(10)16-4-6-17(7-5-16)13(19)20/h2-3,8H,4-7H2,1H3,(H,15,18)(H,19,20). The number of carboxylic acid groups (broad SMARTS) is 1. The Balaban J connectivity index is 2.21. The highest BCUT2D eigenvalue weighted by atomic mass is 19.1. The number of benzene rings is 1. The molecule has 0 saturated carbocycles. The fourth-order valence-corrected chi connectivity index (χ4v) is 2.24. The van der Waals surface area contributed by atoms with E-state index in [0.717, 1.165) is 0 Å². The molecule has 1 saturated heterocycles. The molecule has 2 N–H and O–H groups in total. The summed E-state index contributed by atoms with van der Waals surface area (Å²) >= 11 is 0. The van der Waals surface area contributed by atoms with Gasteiger partial charge in [0.2, 0.25) is 0 Å². The lowest BCUT2D eigenvalue weighted by Crippen LogP contribution is -2.48. The van der Waals surface area contributed by atoms with Gasteiger partial charge in [-0.15, -0.1) is 0 Å². The maximum absolute atomic E-state index is 13.3. The van der Waals surface area contributed by atoms with Gasteiger partial charge >= 0.3 is 6.09 Å². The number of hydrogen-bond donors (Lipinski definition) is 2. The lowest BCUT2D eigenvalue weighted by atomic mass is 10.1. The van der Waals surface area contributed by atoms with Gasteiger partial charge in [0.05, 0.1) is 5.56 Å². The second-order valence-electron chi connectivity index (χ2n) is 4.50. The van der Waals surface area contributed by atoms with Gasteiger partial charge in [0, 0.05) is 38.9 Å². The van der Waals surface area contributed by atoms with Gasteiger partial charge < -0.3 is 20.2 Å². The van der Waals surface area contributed by atoms with Crippen LogP contribution in [0.15, 0.2) is 18.2 Å². The summed E-state index contributed by atoms with van der Waals surface area (Å²) in [6.45, 7) is 1.67. The van der Waals surface area contributed by atoms with Crippen molar-refractivity contribution in [3.8, 4) is 0 Å². The molecule has 108 valence electrons. The fourth-order valence-electron chi connectivity index (χ4n) is 2.24. The molecular weight excluding hydrogens is 265 g/mol. The first kappa shape index (κ1) is 14.1. The Morgan fingerprint density at radius 1 is 1.25 bits per heavy atom. The monoisotopic (exact) mass is 281 g/mol. The summed E-state index contributed by atoms with van der Waals surface area (Å²) in [7, 11) is 1.49. The second-order valence-corrected chi connectivity index (χ2v) is 4.50. The number of halogens is 1. The van der Waals surface area contributed by atoms with E-state index < -0.39 is 11.9 Å². The molecule has 0 aliphatic carbocycles. The Kier molecular flexibility index (Phi) is 4.07. The Bertz CT molecular complexity index is 528. The molecular formula is C13H16FN3O3. The first-order chi connectivity index (χ1) is 9.52. The first-order valence-electron chi connectivity index (χ1n) is 6.27. The highest BCUT2D eigenvalue weighted by Gasteiger charge is 2.23. The summed E-state index contributed by atoms with van der Waals surface area (Å²) in [5.74, 6) is -0.836. The zero-order chi connectivity index (χ0) is 14.7. The zero-order valence-corrected chi connectivity index (χ0v) is 11.1. The topological polar surface area (TPSA) is 72.9 Å². The van der Waals surface area contributed by atoms with Gasteiger partial charge in [-0.05, 0) is 18.2 Å². The number of anilines is 1. The van der Waals surface area contributed by atoms with E-state index in [1.807, 2.05) is 4.90 Å². The van der Waals surface area contributed by atoms with Crippen LogP contribution in [0.3, 0.4) is 0 Å². The summed E-state index contributed by atoms with van der Waals surface area (Å²) < 4.78 is 13.3. The number of hydrogen-bond acceptors (Lipinski definition) is 3. The average Bonchev–Trinajstić information content (AvgIpc) is 2.46. The molecule has 6 nitrogen and oxygen atoms in total. The number of carbonyl (C=O) groups excluding carboxylic acids is 1. The van der Waals surface area contributed by atoms with Gasteiger partial charge in [-0.3, -0.25) is 4.79 Å². The molecule has 2 rings (SSSR count). The minimum atomic E-state index is -0.949. The molecule has 1 aromatic carbocycles. The smallest absolute Gasteiger partial charge is 0.407 e. The van der Waals surface area contributed by atoms with E-state index >= 15 is 0 Å². The summed E-state index contributed by atoms with van der Waals surface area (Å²) in [5, 5.41) is 11.4. The predicted octanol–water partition coefficient (Wildman–Crippen LogP) is 0.985. The van der Waals surface area contributed by atoms with E-state index in [1.165, 1.54) is 24.1 Å². The first-order valence-corrected chi connectivity index (χ1v) is 6.27. The molecule has 1 aromatic rings. The molecule has 20 heavy (non-hydrogen) atoms. The van der Waals surface area contributed by atoms with Crippen LogP contribution in [0.1, 0.15) is 10.4 Å². The second kappa shape index (κ2) is 5.77. The molecule has 0 atom stereocenters. The van der Waals surface area contributed by atoms with Crippen molar-refractivity contribution in [3.63, 3.8) is 0 Å². The summed E-state index contributed by atoms with van der Waals surface area (Å²) in [6.07, 6.45) is -0.949.